The molecule has 0 saturated heterocycles. The SMILES string of the molecule is CCCCC/C=C\C/C=C\C/C=C\C/C=C\CCCC(=O)OCCCC(CCCOC(=O)CCC/C=C\C/C=C\C/C=C\C/C=C\CCCCC)OC(=O)NCCOCCN(C)C. The lowest BCUT2D eigenvalue weighted by molar-refractivity contribution is -0.144. The van der Waals surface area contributed by atoms with Gasteiger partial charge in [0.25, 0.3) is 0 Å². The topological polar surface area (TPSA) is 103 Å². The largest absolute Gasteiger partial charge is 0.466 e. The van der Waals surface area contributed by atoms with Crippen molar-refractivity contribution >= 4 is 18.0 Å². The second kappa shape index (κ2) is 49.1. The second-order valence-electron chi connectivity index (χ2n) is 16.1. The van der Waals surface area contributed by atoms with E-state index in [1.54, 1.807) is 0 Å². The Labute approximate surface area is 385 Å². The minimum Gasteiger partial charge on any atom is -0.466 e. The summed E-state index contributed by atoms with van der Waals surface area (Å²) in [6.07, 6.45) is 56.0. The number of hydrogen-bond acceptors (Lipinski definition) is 8. The third-order valence-corrected chi connectivity index (χ3v) is 9.76. The van der Waals surface area contributed by atoms with Crippen LogP contribution in [0.4, 0.5) is 4.79 Å². The van der Waals surface area contributed by atoms with Gasteiger partial charge in [0.2, 0.25) is 0 Å². The highest BCUT2D eigenvalue weighted by Gasteiger charge is 2.15. The van der Waals surface area contributed by atoms with Gasteiger partial charge in [-0.25, -0.2) is 4.79 Å². The first-order valence-corrected chi connectivity index (χ1v) is 24.6. The van der Waals surface area contributed by atoms with Crippen LogP contribution in [0.3, 0.4) is 0 Å². The number of carbonyl (C=O) groups excluding carboxylic acids is 3. The minimum absolute atomic E-state index is 0.218. The monoisotopic (exact) mass is 879 g/mol. The van der Waals surface area contributed by atoms with Crippen molar-refractivity contribution < 1.29 is 33.3 Å². The molecule has 0 aromatic heterocycles. The zero-order chi connectivity index (χ0) is 45.9. The van der Waals surface area contributed by atoms with Crippen molar-refractivity contribution in [2.24, 2.45) is 0 Å². The van der Waals surface area contributed by atoms with Crippen LogP contribution in [0, 0.1) is 0 Å². The summed E-state index contributed by atoms with van der Waals surface area (Å²) >= 11 is 0. The average molecular weight is 879 g/mol. The highest BCUT2D eigenvalue weighted by Crippen LogP contribution is 2.12. The summed E-state index contributed by atoms with van der Waals surface area (Å²) in [6.45, 7) is 7.11. The van der Waals surface area contributed by atoms with E-state index in [-0.39, 0.29) is 25.2 Å². The fraction of sp³-hybridized carbons (Fsp3) is 0.648. The van der Waals surface area contributed by atoms with Crippen molar-refractivity contribution in [2.75, 3.05) is 53.6 Å². The molecule has 0 aliphatic heterocycles. The van der Waals surface area contributed by atoms with Crippen LogP contribution in [-0.4, -0.2) is 82.6 Å². The summed E-state index contributed by atoms with van der Waals surface area (Å²) in [7, 11) is 3.96. The Morgan fingerprint density at radius 2 is 0.857 bits per heavy atom. The molecule has 0 spiro atoms. The lowest BCUT2D eigenvalue weighted by Gasteiger charge is -2.18. The van der Waals surface area contributed by atoms with E-state index in [0.29, 0.717) is 58.3 Å². The van der Waals surface area contributed by atoms with Crippen LogP contribution in [0.25, 0.3) is 0 Å². The van der Waals surface area contributed by atoms with Gasteiger partial charge in [0.15, 0.2) is 0 Å². The summed E-state index contributed by atoms with van der Waals surface area (Å²) in [4.78, 5) is 39.2. The molecule has 9 heteroatoms. The van der Waals surface area contributed by atoms with Crippen LogP contribution < -0.4 is 5.32 Å². The Morgan fingerprint density at radius 1 is 0.476 bits per heavy atom. The van der Waals surface area contributed by atoms with Crippen molar-refractivity contribution in [3.8, 4) is 0 Å². The van der Waals surface area contributed by atoms with Gasteiger partial charge in [-0.2, -0.15) is 0 Å². The van der Waals surface area contributed by atoms with Crippen molar-refractivity contribution in [3.63, 3.8) is 0 Å². The van der Waals surface area contributed by atoms with Gasteiger partial charge in [0.1, 0.15) is 6.10 Å². The van der Waals surface area contributed by atoms with Crippen LogP contribution in [0.5, 0.6) is 0 Å². The van der Waals surface area contributed by atoms with Gasteiger partial charge in [-0.15, -0.1) is 0 Å². The number of likely N-dealkylation sites (N-methyl/N-ethyl adjacent to an activating group) is 1. The number of allylic oxidation sites excluding steroid dienone is 16. The summed E-state index contributed by atoms with van der Waals surface area (Å²) < 4.78 is 22.2. The van der Waals surface area contributed by atoms with Gasteiger partial charge in [-0.3, -0.25) is 9.59 Å². The first-order valence-electron chi connectivity index (χ1n) is 24.6. The Kier molecular flexibility index (Phi) is 46.0. The number of carbonyl (C=O) groups is 3. The number of unbranched alkanes of at least 4 members (excludes halogenated alkanes) is 8. The van der Waals surface area contributed by atoms with E-state index in [1.165, 1.54) is 51.4 Å². The van der Waals surface area contributed by atoms with Crippen LogP contribution >= 0.6 is 0 Å². The van der Waals surface area contributed by atoms with Crippen LogP contribution in [0.2, 0.25) is 0 Å². The zero-order valence-corrected chi connectivity index (χ0v) is 40.3. The first-order chi connectivity index (χ1) is 30.9. The normalized spacial score (nSPS) is 12.5. The number of nitrogens with one attached hydrogen (secondary N) is 1. The smallest absolute Gasteiger partial charge is 0.407 e. The molecule has 0 atom stereocenters. The lowest BCUT2D eigenvalue weighted by atomic mass is 10.1. The fourth-order valence-electron chi connectivity index (χ4n) is 6.02. The third-order valence-electron chi connectivity index (χ3n) is 9.76. The van der Waals surface area contributed by atoms with Gasteiger partial charge in [0, 0.05) is 25.9 Å². The predicted octanol–water partition coefficient (Wildman–Crippen LogP) is 13.6. The fourth-order valence-corrected chi connectivity index (χ4v) is 6.02. The van der Waals surface area contributed by atoms with E-state index in [4.69, 9.17) is 18.9 Å². The Morgan fingerprint density at radius 3 is 1.24 bits per heavy atom. The number of rotatable bonds is 43. The zero-order valence-electron chi connectivity index (χ0n) is 40.3. The molecule has 0 bridgehead atoms. The maximum Gasteiger partial charge on any atom is 0.407 e. The lowest BCUT2D eigenvalue weighted by Crippen LogP contribution is -2.32. The Bertz CT molecular complexity index is 1230. The van der Waals surface area contributed by atoms with Gasteiger partial charge in [-0.05, 0) is 130 Å². The molecule has 63 heavy (non-hydrogen) atoms. The highest BCUT2D eigenvalue weighted by atomic mass is 16.6. The summed E-state index contributed by atoms with van der Waals surface area (Å²) in [6, 6.07) is 0. The number of ether oxygens (including phenoxy) is 4. The summed E-state index contributed by atoms with van der Waals surface area (Å²) in [5.74, 6) is -0.435. The van der Waals surface area contributed by atoms with Crippen molar-refractivity contribution in [1.82, 2.24) is 10.2 Å². The molecule has 1 amide bonds. The van der Waals surface area contributed by atoms with Gasteiger partial charge in [-0.1, -0.05) is 137 Å². The molecule has 0 heterocycles. The van der Waals surface area contributed by atoms with Gasteiger partial charge in [0.05, 0.1) is 26.4 Å². The molecule has 0 saturated carbocycles. The molecule has 0 fully saturated rings. The molecule has 0 aromatic carbocycles. The van der Waals surface area contributed by atoms with Crippen LogP contribution in [0.15, 0.2) is 97.2 Å². The molecule has 1 N–H and O–H groups in total. The van der Waals surface area contributed by atoms with Crippen LogP contribution in [0.1, 0.15) is 168 Å². The van der Waals surface area contributed by atoms with E-state index >= 15 is 0 Å². The Hall–Kier alpha value is -3.95. The van der Waals surface area contributed by atoms with Crippen molar-refractivity contribution in [1.29, 1.82) is 0 Å². The Balaban J connectivity index is 4.35. The molecule has 0 unspecified atom stereocenters. The van der Waals surface area contributed by atoms with E-state index < -0.39 is 12.2 Å². The van der Waals surface area contributed by atoms with Crippen molar-refractivity contribution in [2.45, 2.75) is 174 Å². The molecule has 358 valence electrons. The molecule has 9 nitrogen and oxygen atoms in total. The predicted molar refractivity (Wildman–Crippen MR) is 265 cm³/mol. The van der Waals surface area contributed by atoms with Crippen LogP contribution in [-0.2, 0) is 28.5 Å². The number of nitrogens with zero attached hydrogens (tertiary/aromatic N) is 1. The number of amides is 1. The molecule has 0 aliphatic carbocycles. The van der Waals surface area contributed by atoms with Gasteiger partial charge >= 0.3 is 18.0 Å². The maximum absolute atomic E-state index is 12.6. The highest BCUT2D eigenvalue weighted by molar-refractivity contribution is 5.69. The summed E-state index contributed by atoms with van der Waals surface area (Å²) in [5.41, 5.74) is 0. The molecule has 0 aliphatic rings. The van der Waals surface area contributed by atoms with E-state index in [1.807, 2.05) is 19.0 Å². The first kappa shape index (κ1) is 59.0. The summed E-state index contributed by atoms with van der Waals surface area (Å²) in [5, 5.41) is 2.75. The quantitative estimate of drug-likeness (QED) is 0.0280. The number of hydrogen-bond donors (Lipinski definition) is 1. The molecule has 0 rings (SSSR count). The number of esters is 2. The molecular weight excluding hydrogens is 789 g/mol. The average Bonchev–Trinajstić information content (AvgIpc) is 3.27. The van der Waals surface area contributed by atoms with E-state index in [0.717, 1.165) is 70.8 Å². The minimum atomic E-state index is -0.515. The number of alkyl carbamates (subject to hydrolysis) is 1. The van der Waals surface area contributed by atoms with Gasteiger partial charge < -0.3 is 29.2 Å². The molecular formula is C54H90N2O7. The van der Waals surface area contributed by atoms with Crippen molar-refractivity contribution in [3.05, 3.63) is 97.2 Å². The standard InChI is InChI=1S/C54H90N2O7/c1-5-7-9-11-13-15-17-19-21-23-25-27-29-31-33-35-37-43-52(57)61-47-39-41-51(63-54(59)55-45-49-60-50-46-56(3)4)42-40-48-62-53(58)44-38-36-34-32-30-28-26-24-22-20-18-16-14-12-10-8-6-2/h13-16,19-22,25-28,31-34,51H,5-12,17-18,23-24,29-30,35-50H2,1-4H3,(H,55,59)/b15-13-,16-14-,21-19-,22-20-,27-25-,28-26-,33-31-,34-32-. The second-order valence-corrected chi connectivity index (χ2v) is 16.1. The third kappa shape index (κ3) is 48.9. The molecule has 0 aromatic rings. The van der Waals surface area contributed by atoms with E-state index in [2.05, 4.69) is 116 Å². The molecule has 0 radical (unpaired) electrons. The maximum atomic E-state index is 12.6. The van der Waals surface area contributed by atoms with E-state index in [9.17, 15) is 14.4 Å².